The molecule has 1 heterocycles. The Bertz CT molecular complexity index is 276. The first-order chi connectivity index (χ1) is 6.92. The standard InChI is InChI=1S/C11H15NO2/c12-8-10-11(14-7-6-13-10)9-4-2-1-3-5-9/h1-5,10-11H,6-8,12H2. The second-order valence-corrected chi connectivity index (χ2v) is 3.35. The van der Waals surface area contributed by atoms with Crippen molar-refractivity contribution in [3.05, 3.63) is 35.9 Å². The van der Waals surface area contributed by atoms with Gasteiger partial charge in [0.15, 0.2) is 0 Å². The van der Waals surface area contributed by atoms with Gasteiger partial charge in [-0.1, -0.05) is 30.3 Å². The van der Waals surface area contributed by atoms with Gasteiger partial charge in [0, 0.05) is 6.54 Å². The van der Waals surface area contributed by atoms with Crippen LogP contribution in [0.25, 0.3) is 0 Å². The maximum atomic E-state index is 5.66. The van der Waals surface area contributed by atoms with Crippen molar-refractivity contribution in [1.82, 2.24) is 0 Å². The molecule has 0 radical (unpaired) electrons. The summed E-state index contributed by atoms with van der Waals surface area (Å²) in [6.45, 7) is 1.79. The van der Waals surface area contributed by atoms with Crippen LogP contribution >= 0.6 is 0 Å². The van der Waals surface area contributed by atoms with Gasteiger partial charge in [0.05, 0.1) is 13.2 Å². The van der Waals surface area contributed by atoms with Crippen molar-refractivity contribution in [3.63, 3.8) is 0 Å². The minimum absolute atomic E-state index is 0.00468. The predicted molar refractivity (Wildman–Crippen MR) is 53.9 cm³/mol. The van der Waals surface area contributed by atoms with E-state index in [9.17, 15) is 0 Å². The van der Waals surface area contributed by atoms with Gasteiger partial charge in [-0.2, -0.15) is 0 Å². The lowest BCUT2D eigenvalue weighted by atomic mass is 10.0. The first kappa shape index (κ1) is 9.65. The average molecular weight is 193 g/mol. The fourth-order valence-electron chi connectivity index (χ4n) is 1.71. The van der Waals surface area contributed by atoms with Gasteiger partial charge in [0.25, 0.3) is 0 Å². The molecule has 1 aliphatic rings. The van der Waals surface area contributed by atoms with Crippen molar-refractivity contribution in [2.24, 2.45) is 5.73 Å². The van der Waals surface area contributed by atoms with E-state index in [1.165, 1.54) is 0 Å². The molecule has 1 fully saturated rings. The molecule has 3 nitrogen and oxygen atoms in total. The van der Waals surface area contributed by atoms with E-state index in [-0.39, 0.29) is 12.2 Å². The maximum Gasteiger partial charge on any atom is 0.110 e. The van der Waals surface area contributed by atoms with E-state index < -0.39 is 0 Å². The fraction of sp³-hybridized carbons (Fsp3) is 0.455. The minimum Gasteiger partial charge on any atom is -0.371 e. The second kappa shape index (κ2) is 4.55. The Balaban J connectivity index is 2.15. The highest BCUT2D eigenvalue weighted by Gasteiger charge is 2.26. The van der Waals surface area contributed by atoms with E-state index in [0.717, 1.165) is 5.56 Å². The fourth-order valence-corrected chi connectivity index (χ4v) is 1.71. The van der Waals surface area contributed by atoms with Gasteiger partial charge < -0.3 is 15.2 Å². The first-order valence-electron chi connectivity index (χ1n) is 4.90. The quantitative estimate of drug-likeness (QED) is 0.765. The third-order valence-electron chi connectivity index (χ3n) is 2.41. The van der Waals surface area contributed by atoms with E-state index in [1.807, 2.05) is 30.3 Å². The molecular formula is C11H15NO2. The van der Waals surface area contributed by atoms with E-state index in [2.05, 4.69) is 0 Å². The lowest BCUT2D eigenvalue weighted by Crippen LogP contribution is -2.37. The van der Waals surface area contributed by atoms with Crippen molar-refractivity contribution >= 4 is 0 Å². The molecule has 1 aliphatic heterocycles. The van der Waals surface area contributed by atoms with Crippen LogP contribution in [0.3, 0.4) is 0 Å². The Labute approximate surface area is 83.8 Å². The molecule has 2 N–H and O–H groups in total. The van der Waals surface area contributed by atoms with Crippen LogP contribution in [0.15, 0.2) is 30.3 Å². The summed E-state index contributed by atoms with van der Waals surface area (Å²) in [6.07, 6.45) is -0.0129. The maximum absolute atomic E-state index is 5.66. The number of nitrogens with two attached hydrogens (primary N) is 1. The molecule has 2 atom stereocenters. The lowest BCUT2D eigenvalue weighted by Gasteiger charge is -2.31. The monoisotopic (exact) mass is 193 g/mol. The van der Waals surface area contributed by atoms with Gasteiger partial charge in [0.1, 0.15) is 12.2 Å². The van der Waals surface area contributed by atoms with Gasteiger partial charge in [-0.15, -0.1) is 0 Å². The van der Waals surface area contributed by atoms with Crippen LogP contribution < -0.4 is 5.73 Å². The summed E-state index contributed by atoms with van der Waals surface area (Å²) >= 11 is 0. The summed E-state index contributed by atoms with van der Waals surface area (Å²) in [5, 5.41) is 0. The summed E-state index contributed by atoms with van der Waals surface area (Å²) in [5.41, 5.74) is 6.77. The summed E-state index contributed by atoms with van der Waals surface area (Å²) in [7, 11) is 0. The molecule has 3 heteroatoms. The van der Waals surface area contributed by atoms with Crippen molar-refractivity contribution < 1.29 is 9.47 Å². The molecule has 1 aromatic carbocycles. The Morgan fingerprint density at radius 3 is 2.57 bits per heavy atom. The molecule has 0 aromatic heterocycles. The second-order valence-electron chi connectivity index (χ2n) is 3.35. The Kier molecular flexibility index (Phi) is 3.14. The topological polar surface area (TPSA) is 44.5 Å². The molecule has 0 saturated carbocycles. The van der Waals surface area contributed by atoms with Gasteiger partial charge in [-0.3, -0.25) is 0 Å². The molecule has 76 valence electrons. The third-order valence-corrected chi connectivity index (χ3v) is 2.41. The van der Waals surface area contributed by atoms with E-state index in [1.54, 1.807) is 0 Å². The highest BCUT2D eigenvalue weighted by molar-refractivity contribution is 5.19. The summed E-state index contributed by atoms with van der Waals surface area (Å²) in [5.74, 6) is 0. The minimum atomic E-state index is -0.00819. The summed E-state index contributed by atoms with van der Waals surface area (Å²) < 4.78 is 11.2. The van der Waals surface area contributed by atoms with Gasteiger partial charge in [0.2, 0.25) is 0 Å². The third kappa shape index (κ3) is 1.95. The number of rotatable bonds is 2. The van der Waals surface area contributed by atoms with Crippen molar-refractivity contribution in [1.29, 1.82) is 0 Å². The van der Waals surface area contributed by atoms with Crippen LogP contribution in [0.1, 0.15) is 11.7 Å². The number of hydrogen-bond acceptors (Lipinski definition) is 3. The molecule has 0 aliphatic carbocycles. The zero-order valence-corrected chi connectivity index (χ0v) is 8.06. The average Bonchev–Trinajstić information content (AvgIpc) is 2.30. The number of hydrogen-bond donors (Lipinski definition) is 1. The van der Waals surface area contributed by atoms with Crippen LogP contribution in [-0.2, 0) is 9.47 Å². The lowest BCUT2D eigenvalue weighted by molar-refractivity contribution is -0.138. The van der Waals surface area contributed by atoms with Crippen LogP contribution in [0.2, 0.25) is 0 Å². The molecule has 0 amide bonds. The summed E-state index contributed by atoms with van der Waals surface area (Å²) in [4.78, 5) is 0. The zero-order chi connectivity index (χ0) is 9.80. The Morgan fingerprint density at radius 1 is 1.14 bits per heavy atom. The highest BCUT2D eigenvalue weighted by Crippen LogP contribution is 2.25. The van der Waals surface area contributed by atoms with Gasteiger partial charge in [-0.05, 0) is 5.56 Å². The molecule has 1 saturated heterocycles. The zero-order valence-electron chi connectivity index (χ0n) is 8.06. The summed E-state index contributed by atoms with van der Waals surface area (Å²) in [6, 6.07) is 10.1. The van der Waals surface area contributed by atoms with Crippen molar-refractivity contribution in [2.45, 2.75) is 12.2 Å². The van der Waals surface area contributed by atoms with Gasteiger partial charge >= 0.3 is 0 Å². The molecule has 2 rings (SSSR count). The van der Waals surface area contributed by atoms with Crippen LogP contribution in [0.5, 0.6) is 0 Å². The molecule has 0 bridgehead atoms. The Hall–Kier alpha value is -0.900. The predicted octanol–water partition coefficient (Wildman–Crippen LogP) is 1.10. The molecule has 14 heavy (non-hydrogen) atoms. The van der Waals surface area contributed by atoms with E-state index in [0.29, 0.717) is 19.8 Å². The van der Waals surface area contributed by atoms with E-state index in [4.69, 9.17) is 15.2 Å². The highest BCUT2D eigenvalue weighted by atomic mass is 16.6. The van der Waals surface area contributed by atoms with Crippen molar-refractivity contribution in [3.8, 4) is 0 Å². The van der Waals surface area contributed by atoms with E-state index >= 15 is 0 Å². The van der Waals surface area contributed by atoms with Crippen LogP contribution in [0.4, 0.5) is 0 Å². The smallest absolute Gasteiger partial charge is 0.110 e. The van der Waals surface area contributed by atoms with Crippen molar-refractivity contribution in [2.75, 3.05) is 19.8 Å². The first-order valence-corrected chi connectivity index (χ1v) is 4.90. The normalized spacial score (nSPS) is 27.5. The van der Waals surface area contributed by atoms with Crippen LogP contribution in [0, 0.1) is 0 Å². The van der Waals surface area contributed by atoms with Crippen LogP contribution in [-0.4, -0.2) is 25.9 Å². The Morgan fingerprint density at radius 2 is 1.86 bits per heavy atom. The molecule has 0 spiro atoms. The number of benzene rings is 1. The van der Waals surface area contributed by atoms with Gasteiger partial charge in [-0.25, -0.2) is 0 Å². The number of ether oxygens (including phenoxy) is 2. The molecule has 2 unspecified atom stereocenters. The SMILES string of the molecule is NCC1OCCOC1c1ccccc1. The largest absolute Gasteiger partial charge is 0.371 e. The molecular weight excluding hydrogens is 178 g/mol. The molecule has 1 aromatic rings.